The van der Waals surface area contributed by atoms with Crippen molar-refractivity contribution in [2.45, 2.75) is 20.5 Å². The molecule has 206 valence electrons. The van der Waals surface area contributed by atoms with Crippen molar-refractivity contribution in [3.8, 4) is 5.75 Å². The number of nitrogens with zero attached hydrogens (tertiary/aromatic N) is 3. The molecule has 40 heavy (non-hydrogen) atoms. The Morgan fingerprint density at radius 1 is 1.05 bits per heavy atom. The number of fused-ring (bicyclic) bond motifs is 1. The fraction of sp³-hybridized carbons (Fsp3) is 0.233. The highest BCUT2D eigenvalue weighted by Crippen LogP contribution is 2.33. The van der Waals surface area contributed by atoms with Crippen LogP contribution >= 0.6 is 0 Å². The molecule has 1 amide bonds. The molecule has 0 aliphatic heterocycles. The number of anilines is 2. The second-order valence-corrected chi connectivity index (χ2v) is 9.31. The summed E-state index contributed by atoms with van der Waals surface area (Å²) in [6, 6.07) is 11.0. The number of rotatable bonds is 11. The largest absolute Gasteiger partial charge is 0.492 e. The van der Waals surface area contributed by atoms with Gasteiger partial charge in [-0.2, -0.15) is 0 Å². The maximum atomic E-state index is 12.9. The van der Waals surface area contributed by atoms with Gasteiger partial charge in [0.2, 0.25) is 17.5 Å². The zero-order valence-corrected chi connectivity index (χ0v) is 22.9. The zero-order valence-electron chi connectivity index (χ0n) is 22.9. The first-order valence-corrected chi connectivity index (χ1v) is 12.7. The van der Waals surface area contributed by atoms with Gasteiger partial charge in [0.25, 0.3) is 0 Å². The van der Waals surface area contributed by atoms with Crippen LogP contribution in [0.1, 0.15) is 18.1 Å². The van der Waals surface area contributed by atoms with Crippen LogP contribution in [0.25, 0.3) is 10.9 Å². The maximum absolute atomic E-state index is 12.9. The van der Waals surface area contributed by atoms with Crippen molar-refractivity contribution < 1.29 is 23.9 Å². The van der Waals surface area contributed by atoms with Crippen LogP contribution in [0.5, 0.6) is 5.75 Å². The molecule has 0 saturated heterocycles. The molecule has 1 aliphatic rings. The number of allylic oxidation sites excluding steroid dienone is 2. The molecule has 0 saturated carbocycles. The van der Waals surface area contributed by atoms with Crippen molar-refractivity contribution in [1.82, 2.24) is 14.9 Å². The number of carbonyl (C=O) groups excluding carboxylic acids is 3. The van der Waals surface area contributed by atoms with Crippen LogP contribution < -0.4 is 15.4 Å². The number of benzene rings is 2. The Balaban J connectivity index is 1.55. The molecule has 1 heterocycles. The highest BCUT2D eigenvalue weighted by molar-refractivity contribution is 6.20. The van der Waals surface area contributed by atoms with Crippen LogP contribution in [0, 0.1) is 6.92 Å². The van der Waals surface area contributed by atoms with E-state index in [4.69, 9.17) is 9.47 Å². The summed E-state index contributed by atoms with van der Waals surface area (Å²) in [6.07, 6.45) is 6.90. The molecule has 3 aromatic rings. The molecule has 10 nitrogen and oxygen atoms in total. The minimum atomic E-state index is -0.440. The van der Waals surface area contributed by atoms with E-state index < -0.39 is 11.6 Å². The quantitative estimate of drug-likeness (QED) is 0.274. The lowest BCUT2D eigenvalue weighted by molar-refractivity contribution is -0.117. The van der Waals surface area contributed by atoms with Crippen LogP contribution in [-0.2, 0) is 25.7 Å². The summed E-state index contributed by atoms with van der Waals surface area (Å²) in [5.41, 5.74) is 2.93. The summed E-state index contributed by atoms with van der Waals surface area (Å²) in [5.74, 6) is -0.498. The minimum absolute atomic E-state index is 0.0278. The third kappa shape index (κ3) is 6.97. The highest BCUT2D eigenvalue weighted by Gasteiger charge is 2.23. The van der Waals surface area contributed by atoms with Gasteiger partial charge in [-0.15, -0.1) is 0 Å². The second-order valence-electron chi connectivity index (χ2n) is 9.31. The number of amides is 1. The molecule has 10 heteroatoms. The number of nitrogens with one attached hydrogen (secondary N) is 2. The van der Waals surface area contributed by atoms with Crippen molar-refractivity contribution in [1.29, 1.82) is 0 Å². The normalized spacial score (nSPS) is 13.4. The molecule has 1 aliphatic carbocycles. The number of aryl methyl sites for hydroxylation is 1. The fourth-order valence-electron chi connectivity index (χ4n) is 3.91. The van der Waals surface area contributed by atoms with E-state index in [0.29, 0.717) is 35.5 Å². The Hall–Kier alpha value is -4.83. The zero-order chi connectivity index (χ0) is 28.6. The average Bonchev–Trinajstić information content (AvgIpc) is 2.91. The highest BCUT2D eigenvalue weighted by atomic mass is 16.5. The molecule has 0 radical (unpaired) electrons. The predicted molar refractivity (Wildman–Crippen MR) is 153 cm³/mol. The molecular formula is C30H31N5O5. The Bertz CT molecular complexity index is 1540. The van der Waals surface area contributed by atoms with Gasteiger partial charge in [0, 0.05) is 36.2 Å². The standard InChI is InChI=1S/C30H31N5O5/c1-5-39-27-15-22-21(13-24(27)33-29(38)11-8-12-35(3)4)30(32-18-31-22)34-23-14-26(37)28(16-25(23)36)40-17-20-10-7-6-9-19(20)2/h6-11,13-16,18H,5,12,17H2,1-4H3,(H,33,38)(H,31,32,34)/b11-8+. The number of aromatic nitrogens is 2. The lowest BCUT2D eigenvalue weighted by atomic mass is 10.1. The van der Waals surface area contributed by atoms with Gasteiger partial charge in [0.15, 0.2) is 5.76 Å². The van der Waals surface area contributed by atoms with Gasteiger partial charge in [0.05, 0.1) is 23.5 Å². The van der Waals surface area contributed by atoms with Crippen molar-refractivity contribution in [3.63, 3.8) is 0 Å². The monoisotopic (exact) mass is 541 g/mol. The third-order valence-electron chi connectivity index (χ3n) is 5.98. The molecule has 0 fully saturated rings. The number of likely N-dealkylation sites (N-methyl/N-ethyl adjacent to an activating group) is 1. The molecule has 0 atom stereocenters. The van der Waals surface area contributed by atoms with E-state index in [1.54, 1.807) is 18.2 Å². The van der Waals surface area contributed by atoms with E-state index in [1.807, 2.05) is 57.1 Å². The van der Waals surface area contributed by atoms with E-state index in [-0.39, 0.29) is 29.8 Å². The number of ketones is 2. The van der Waals surface area contributed by atoms with Crippen LogP contribution in [0.4, 0.5) is 11.5 Å². The van der Waals surface area contributed by atoms with E-state index >= 15 is 0 Å². The van der Waals surface area contributed by atoms with Gasteiger partial charge in [-0.3, -0.25) is 14.4 Å². The predicted octanol–water partition coefficient (Wildman–Crippen LogP) is 3.94. The molecular weight excluding hydrogens is 510 g/mol. The Labute approximate surface area is 232 Å². The lowest BCUT2D eigenvalue weighted by Gasteiger charge is -2.17. The van der Waals surface area contributed by atoms with E-state index in [1.165, 1.54) is 24.6 Å². The van der Waals surface area contributed by atoms with E-state index in [9.17, 15) is 14.4 Å². The first-order valence-electron chi connectivity index (χ1n) is 12.7. The Morgan fingerprint density at radius 2 is 1.85 bits per heavy atom. The molecule has 4 rings (SSSR count). The molecule has 0 bridgehead atoms. The molecule has 2 aromatic carbocycles. The number of hydrogen-bond acceptors (Lipinski definition) is 9. The number of ether oxygens (including phenoxy) is 2. The van der Waals surface area contributed by atoms with E-state index in [2.05, 4.69) is 20.6 Å². The summed E-state index contributed by atoms with van der Waals surface area (Å²) in [6.45, 7) is 4.95. The minimum Gasteiger partial charge on any atom is -0.492 e. The maximum Gasteiger partial charge on any atom is 0.248 e. The number of hydrogen-bond donors (Lipinski definition) is 2. The first-order chi connectivity index (χ1) is 19.2. The van der Waals surface area contributed by atoms with Gasteiger partial charge in [-0.1, -0.05) is 30.3 Å². The van der Waals surface area contributed by atoms with Crippen molar-refractivity contribution >= 4 is 39.9 Å². The smallest absolute Gasteiger partial charge is 0.248 e. The van der Waals surface area contributed by atoms with Crippen LogP contribution in [-0.4, -0.2) is 59.6 Å². The first kappa shape index (κ1) is 28.2. The van der Waals surface area contributed by atoms with Crippen molar-refractivity contribution in [3.05, 3.63) is 89.6 Å². The molecule has 0 spiro atoms. The van der Waals surface area contributed by atoms with Crippen molar-refractivity contribution in [2.24, 2.45) is 0 Å². The number of carbonyl (C=O) groups is 3. The molecule has 1 aromatic heterocycles. The molecule has 2 N–H and O–H groups in total. The Morgan fingerprint density at radius 3 is 2.60 bits per heavy atom. The van der Waals surface area contributed by atoms with Crippen LogP contribution in [0.15, 0.2) is 78.5 Å². The van der Waals surface area contributed by atoms with Gasteiger partial charge in [0.1, 0.15) is 24.5 Å². The van der Waals surface area contributed by atoms with Gasteiger partial charge in [-0.25, -0.2) is 9.97 Å². The van der Waals surface area contributed by atoms with E-state index in [0.717, 1.165) is 11.1 Å². The topological polar surface area (TPSA) is 123 Å². The summed E-state index contributed by atoms with van der Waals surface area (Å²) in [7, 11) is 3.81. The third-order valence-corrected chi connectivity index (χ3v) is 5.98. The van der Waals surface area contributed by atoms with Crippen LogP contribution in [0.3, 0.4) is 0 Å². The fourth-order valence-corrected chi connectivity index (χ4v) is 3.91. The summed E-state index contributed by atoms with van der Waals surface area (Å²) in [5, 5.41) is 6.30. The summed E-state index contributed by atoms with van der Waals surface area (Å²) < 4.78 is 11.4. The van der Waals surface area contributed by atoms with Gasteiger partial charge in [-0.05, 0) is 45.1 Å². The van der Waals surface area contributed by atoms with Gasteiger partial charge < -0.3 is 25.0 Å². The lowest BCUT2D eigenvalue weighted by Crippen LogP contribution is -2.20. The summed E-state index contributed by atoms with van der Waals surface area (Å²) >= 11 is 0. The second kappa shape index (κ2) is 12.8. The van der Waals surface area contributed by atoms with Crippen molar-refractivity contribution in [2.75, 3.05) is 37.9 Å². The Kier molecular flexibility index (Phi) is 9.03. The summed E-state index contributed by atoms with van der Waals surface area (Å²) in [4.78, 5) is 48.7. The average molecular weight is 542 g/mol. The molecule has 0 unspecified atom stereocenters. The SMILES string of the molecule is CCOc1cc2ncnc(NC3=CC(=O)C(OCc4ccccc4C)=CC3=O)c2cc1NC(=O)/C=C/CN(C)C. The van der Waals surface area contributed by atoms with Gasteiger partial charge >= 0.3 is 0 Å². The van der Waals surface area contributed by atoms with Crippen LogP contribution in [0.2, 0.25) is 0 Å².